The Kier molecular flexibility index (Phi) is 4.31. The minimum Gasteiger partial charge on any atom is -0.477 e. The highest BCUT2D eigenvalue weighted by atomic mass is 79.9. The first-order valence-corrected chi connectivity index (χ1v) is 8.06. The second-order valence-corrected chi connectivity index (χ2v) is 6.47. The van der Waals surface area contributed by atoms with Gasteiger partial charge in [-0.05, 0) is 47.7 Å². The average molecular weight is 375 g/mol. The topological polar surface area (TPSA) is 66.0 Å². The van der Waals surface area contributed by atoms with Gasteiger partial charge in [0.2, 0.25) is 0 Å². The van der Waals surface area contributed by atoms with E-state index in [1.807, 2.05) is 48.5 Å². The second kappa shape index (κ2) is 6.37. The first-order chi connectivity index (χ1) is 10.6. The van der Waals surface area contributed by atoms with Crippen LogP contribution in [0, 0.1) is 0 Å². The van der Waals surface area contributed by atoms with E-state index in [0.29, 0.717) is 5.16 Å². The Morgan fingerprint density at radius 3 is 2.59 bits per heavy atom. The van der Waals surface area contributed by atoms with Crippen LogP contribution in [0.1, 0.15) is 5.56 Å². The molecule has 0 aliphatic heterocycles. The van der Waals surface area contributed by atoms with Crippen LogP contribution < -0.4 is 0 Å². The maximum atomic E-state index is 11.5. The van der Waals surface area contributed by atoms with Crippen LogP contribution in [-0.4, -0.2) is 21.0 Å². The number of hydrogen-bond donors (Lipinski definition) is 2. The third-order valence-corrected chi connectivity index (χ3v) is 4.38. The SMILES string of the molecule is O=C(O)/C(=C/c1ccc(Br)cc1)Sc1nc2ccccc2[nH]1. The molecule has 1 aromatic heterocycles. The van der Waals surface area contributed by atoms with E-state index in [1.165, 1.54) is 0 Å². The molecule has 0 amide bonds. The highest BCUT2D eigenvalue weighted by Crippen LogP contribution is 2.28. The lowest BCUT2D eigenvalue weighted by Crippen LogP contribution is -1.97. The highest BCUT2D eigenvalue weighted by molar-refractivity contribution is 9.10. The zero-order valence-corrected chi connectivity index (χ0v) is 13.7. The van der Waals surface area contributed by atoms with Crippen molar-refractivity contribution in [3.05, 3.63) is 63.5 Å². The predicted molar refractivity (Wildman–Crippen MR) is 91.7 cm³/mol. The van der Waals surface area contributed by atoms with Gasteiger partial charge >= 0.3 is 5.97 Å². The zero-order chi connectivity index (χ0) is 15.5. The number of nitrogens with zero attached hydrogens (tertiary/aromatic N) is 1. The summed E-state index contributed by atoms with van der Waals surface area (Å²) in [6.07, 6.45) is 1.63. The molecule has 2 aromatic carbocycles. The Balaban J connectivity index is 1.91. The van der Waals surface area contributed by atoms with Crippen LogP contribution in [0.2, 0.25) is 0 Å². The number of aromatic amines is 1. The fourth-order valence-electron chi connectivity index (χ4n) is 1.93. The van der Waals surface area contributed by atoms with Crippen molar-refractivity contribution in [3.63, 3.8) is 0 Å². The van der Waals surface area contributed by atoms with Gasteiger partial charge in [0.15, 0.2) is 5.16 Å². The minimum atomic E-state index is -0.978. The number of benzene rings is 2. The van der Waals surface area contributed by atoms with E-state index in [1.54, 1.807) is 6.08 Å². The van der Waals surface area contributed by atoms with Crippen molar-refractivity contribution in [2.45, 2.75) is 5.16 Å². The molecule has 3 rings (SSSR count). The number of carboxylic acid groups (broad SMARTS) is 1. The lowest BCUT2D eigenvalue weighted by Gasteiger charge is -2.00. The maximum absolute atomic E-state index is 11.5. The fraction of sp³-hybridized carbons (Fsp3) is 0. The first kappa shape index (κ1) is 14.9. The largest absolute Gasteiger partial charge is 0.477 e. The monoisotopic (exact) mass is 374 g/mol. The van der Waals surface area contributed by atoms with Gasteiger partial charge in [-0.15, -0.1) is 0 Å². The standard InChI is InChI=1S/C16H11BrN2O2S/c17-11-7-5-10(6-8-11)9-14(15(20)21)22-16-18-12-3-1-2-4-13(12)19-16/h1-9H,(H,18,19)(H,20,21)/b14-9-. The number of aromatic nitrogens is 2. The molecule has 3 aromatic rings. The number of halogens is 1. The van der Waals surface area contributed by atoms with Crippen molar-refractivity contribution in [2.75, 3.05) is 0 Å². The van der Waals surface area contributed by atoms with Crippen molar-refractivity contribution in [3.8, 4) is 0 Å². The summed E-state index contributed by atoms with van der Waals surface area (Å²) in [6, 6.07) is 15.0. The van der Waals surface area contributed by atoms with Crippen LogP contribution in [0.4, 0.5) is 0 Å². The molecule has 0 radical (unpaired) electrons. The van der Waals surface area contributed by atoms with E-state index in [9.17, 15) is 9.90 Å². The molecule has 0 aliphatic rings. The molecular formula is C16H11BrN2O2S. The summed E-state index contributed by atoms with van der Waals surface area (Å²) in [5.41, 5.74) is 2.53. The molecule has 110 valence electrons. The van der Waals surface area contributed by atoms with Crippen molar-refractivity contribution in [1.82, 2.24) is 9.97 Å². The summed E-state index contributed by atoms with van der Waals surface area (Å²) in [5, 5.41) is 9.95. The Bertz CT molecular complexity index is 823. The predicted octanol–water partition coefficient (Wildman–Crippen LogP) is 4.54. The van der Waals surface area contributed by atoms with Crippen LogP contribution in [0.5, 0.6) is 0 Å². The third-order valence-electron chi connectivity index (χ3n) is 2.95. The number of carboxylic acids is 1. The van der Waals surface area contributed by atoms with Crippen molar-refractivity contribution in [2.24, 2.45) is 0 Å². The first-order valence-electron chi connectivity index (χ1n) is 6.45. The van der Waals surface area contributed by atoms with Gasteiger partial charge in [0, 0.05) is 4.47 Å². The van der Waals surface area contributed by atoms with E-state index in [2.05, 4.69) is 25.9 Å². The van der Waals surface area contributed by atoms with Crippen molar-refractivity contribution >= 4 is 50.8 Å². The molecule has 22 heavy (non-hydrogen) atoms. The minimum absolute atomic E-state index is 0.210. The van der Waals surface area contributed by atoms with Crippen molar-refractivity contribution in [1.29, 1.82) is 0 Å². The molecule has 2 N–H and O–H groups in total. The molecule has 0 unspecified atom stereocenters. The molecular weight excluding hydrogens is 364 g/mol. The molecule has 0 spiro atoms. The Hall–Kier alpha value is -2.05. The van der Waals surface area contributed by atoms with Crippen LogP contribution in [-0.2, 0) is 4.79 Å². The van der Waals surface area contributed by atoms with Gasteiger partial charge in [-0.2, -0.15) is 0 Å². The van der Waals surface area contributed by atoms with Gasteiger partial charge in [0.05, 0.1) is 11.0 Å². The smallest absolute Gasteiger partial charge is 0.342 e. The molecule has 0 atom stereocenters. The van der Waals surface area contributed by atoms with Gasteiger partial charge in [-0.1, -0.05) is 40.2 Å². The number of rotatable bonds is 4. The van der Waals surface area contributed by atoms with Crippen molar-refractivity contribution < 1.29 is 9.90 Å². The summed E-state index contributed by atoms with van der Waals surface area (Å²) < 4.78 is 0.950. The number of imidazole rings is 1. The molecule has 0 fully saturated rings. The molecule has 0 aliphatic carbocycles. The lowest BCUT2D eigenvalue weighted by molar-refractivity contribution is -0.131. The molecule has 0 saturated carbocycles. The Morgan fingerprint density at radius 2 is 1.91 bits per heavy atom. The van der Waals surface area contributed by atoms with Gasteiger partial charge in [0.1, 0.15) is 4.91 Å². The second-order valence-electron chi connectivity index (χ2n) is 4.53. The summed E-state index contributed by atoms with van der Waals surface area (Å²) in [4.78, 5) is 19.2. The van der Waals surface area contributed by atoms with E-state index < -0.39 is 5.97 Å². The van der Waals surface area contributed by atoms with Crippen LogP contribution in [0.25, 0.3) is 17.1 Å². The summed E-state index contributed by atoms with van der Waals surface area (Å²) in [6.45, 7) is 0. The summed E-state index contributed by atoms with van der Waals surface area (Å²) in [5.74, 6) is -0.978. The number of H-pyrrole nitrogens is 1. The lowest BCUT2D eigenvalue weighted by atomic mass is 10.2. The van der Waals surface area contributed by atoms with Gasteiger partial charge in [-0.25, -0.2) is 9.78 Å². The molecule has 4 nitrogen and oxygen atoms in total. The fourth-order valence-corrected chi connectivity index (χ4v) is 2.99. The number of nitrogens with one attached hydrogen (secondary N) is 1. The number of carbonyl (C=O) groups is 1. The van der Waals surface area contributed by atoms with Crippen LogP contribution >= 0.6 is 27.7 Å². The van der Waals surface area contributed by atoms with E-state index in [0.717, 1.165) is 32.8 Å². The van der Waals surface area contributed by atoms with Gasteiger partial charge < -0.3 is 10.1 Å². The normalized spacial score (nSPS) is 11.8. The van der Waals surface area contributed by atoms with E-state index in [-0.39, 0.29) is 4.91 Å². The van der Waals surface area contributed by atoms with Crippen LogP contribution in [0.15, 0.2) is 63.1 Å². The average Bonchev–Trinajstić information content (AvgIpc) is 2.91. The van der Waals surface area contributed by atoms with E-state index >= 15 is 0 Å². The number of aliphatic carboxylic acids is 1. The zero-order valence-electron chi connectivity index (χ0n) is 11.3. The molecule has 1 heterocycles. The Labute approximate surface area is 139 Å². The highest BCUT2D eigenvalue weighted by Gasteiger charge is 2.12. The number of para-hydroxylation sites is 2. The van der Waals surface area contributed by atoms with Gasteiger partial charge in [0.25, 0.3) is 0 Å². The summed E-state index contributed by atoms with van der Waals surface area (Å²) in [7, 11) is 0. The van der Waals surface area contributed by atoms with Gasteiger partial charge in [-0.3, -0.25) is 0 Å². The Morgan fingerprint density at radius 1 is 1.18 bits per heavy atom. The quantitative estimate of drug-likeness (QED) is 0.519. The maximum Gasteiger partial charge on any atom is 0.342 e. The summed E-state index contributed by atoms with van der Waals surface area (Å²) >= 11 is 4.46. The molecule has 0 bridgehead atoms. The molecule has 6 heteroatoms. The number of hydrogen-bond acceptors (Lipinski definition) is 3. The number of fused-ring (bicyclic) bond motifs is 1. The van der Waals surface area contributed by atoms with E-state index in [4.69, 9.17) is 0 Å². The van der Waals surface area contributed by atoms with Crippen LogP contribution in [0.3, 0.4) is 0 Å². The third kappa shape index (κ3) is 3.40. The number of thioether (sulfide) groups is 1. The molecule has 0 saturated heterocycles.